The molecule has 0 saturated carbocycles. The lowest BCUT2D eigenvalue weighted by atomic mass is 10.0. The molecular formula is C19H21BrFNO4S. The predicted octanol–water partition coefficient (Wildman–Crippen LogP) is 4.64. The van der Waals surface area contributed by atoms with Crippen molar-refractivity contribution in [3.63, 3.8) is 0 Å². The van der Waals surface area contributed by atoms with Crippen LogP contribution in [-0.2, 0) is 14.8 Å². The molecule has 5 nitrogen and oxygen atoms in total. The topological polar surface area (TPSA) is 83.5 Å². The zero-order valence-electron chi connectivity index (χ0n) is 14.6. The Morgan fingerprint density at radius 3 is 2.26 bits per heavy atom. The van der Waals surface area contributed by atoms with Gasteiger partial charge in [0.1, 0.15) is 5.82 Å². The van der Waals surface area contributed by atoms with E-state index in [0.29, 0.717) is 31.2 Å². The number of nitrogens with one attached hydrogen (secondary N) is 1. The van der Waals surface area contributed by atoms with Crippen LogP contribution in [0, 0.1) is 5.82 Å². The van der Waals surface area contributed by atoms with E-state index in [9.17, 15) is 17.6 Å². The molecule has 2 N–H and O–H groups in total. The average Bonchev–Trinajstić information content (AvgIpc) is 2.61. The minimum absolute atomic E-state index is 0.0891. The molecule has 0 aliphatic carbocycles. The van der Waals surface area contributed by atoms with Gasteiger partial charge in [0.2, 0.25) is 10.0 Å². The first-order chi connectivity index (χ1) is 12.8. The van der Waals surface area contributed by atoms with E-state index in [4.69, 9.17) is 5.11 Å². The molecule has 0 bridgehead atoms. The van der Waals surface area contributed by atoms with Crippen molar-refractivity contribution >= 4 is 31.9 Å². The highest BCUT2D eigenvalue weighted by Crippen LogP contribution is 2.24. The van der Waals surface area contributed by atoms with Crippen LogP contribution in [0.3, 0.4) is 0 Å². The molecule has 1 atom stereocenters. The number of hydrogen-bond acceptors (Lipinski definition) is 3. The third kappa shape index (κ3) is 7.04. The van der Waals surface area contributed by atoms with Gasteiger partial charge in [-0.25, -0.2) is 17.5 Å². The molecule has 0 saturated heterocycles. The molecule has 2 aromatic carbocycles. The standard InChI is InChI=1S/C19H21BrFNO4S/c20-15-8-12-17(13-9-15)27(25,26)22-18(4-2-1-3-5-19(23)24)14-6-10-16(21)11-7-14/h6-13,18,22H,1-5H2,(H,23,24). The first-order valence-corrected chi connectivity index (χ1v) is 10.8. The summed E-state index contributed by atoms with van der Waals surface area (Å²) in [6.07, 6.45) is 2.43. The number of carbonyl (C=O) groups is 1. The third-order valence-electron chi connectivity index (χ3n) is 4.08. The van der Waals surface area contributed by atoms with E-state index in [0.717, 1.165) is 4.47 Å². The molecule has 0 aliphatic heterocycles. The van der Waals surface area contributed by atoms with Gasteiger partial charge in [0.05, 0.1) is 4.90 Å². The highest BCUT2D eigenvalue weighted by molar-refractivity contribution is 9.10. The van der Waals surface area contributed by atoms with Crippen LogP contribution < -0.4 is 4.72 Å². The minimum Gasteiger partial charge on any atom is -0.481 e. The summed E-state index contributed by atoms with van der Waals surface area (Å²) in [6, 6.07) is 11.5. The molecule has 146 valence electrons. The zero-order chi connectivity index (χ0) is 19.9. The van der Waals surface area contributed by atoms with Crippen LogP contribution in [0.25, 0.3) is 0 Å². The number of sulfonamides is 1. The first-order valence-electron chi connectivity index (χ1n) is 8.53. The molecule has 2 rings (SSSR count). The van der Waals surface area contributed by atoms with Gasteiger partial charge in [0, 0.05) is 16.9 Å². The van der Waals surface area contributed by atoms with Crippen molar-refractivity contribution in [3.8, 4) is 0 Å². The SMILES string of the molecule is O=C(O)CCCCCC(NS(=O)(=O)c1ccc(Br)cc1)c1ccc(F)cc1. The summed E-state index contributed by atoms with van der Waals surface area (Å²) in [7, 11) is -3.75. The second-order valence-electron chi connectivity index (χ2n) is 6.17. The molecule has 0 aromatic heterocycles. The van der Waals surface area contributed by atoms with E-state index in [-0.39, 0.29) is 11.3 Å². The van der Waals surface area contributed by atoms with Crippen LogP contribution in [0.2, 0.25) is 0 Å². The van der Waals surface area contributed by atoms with E-state index < -0.39 is 27.9 Å². The number of carboxylic acid groups (broad SMARTS) is 1. The van der Waals surface area contributed by atoms with Crippen molar-refractivity contribution in [1.82, 2.24) is 4.72 Å². The van der Waals surface area contributed by atoms with Gasteiger partial charge in [-0.2, -0.15) is 0 Å². The number of hydrogen-bond donors (Lipinski definition) is 2. The van der Waals surface area contributed by atoms with Crippen molar-refractivity contribution in [2.75, 3.05) is 0 Å². The van der Waals surface area contributed by atoms with E-state index >= 15 is 0 Å². The van der Waals surface area contributed by atoms with Crippen molar-refractivity contribution < 1.29 is 22.7 Å². The van der Waals surface area contributed by atoms with E-state index in [1.165, 1.54) is 24.3 Å². The summed E-state index contributed by atoms with van der Waals surface area (Å²) in [5.74, 6) is -1.24. The summed E-state index contributed by atoms with van der Waals surface area (Å²) >= 11 is 3.27. The summed E-state index contributed by atoms with van der Waals surface area (Å²) in [4.78, 5) is 10.7. The van der Waals surface area contributed by atoms with Gasteiger partial charge in [-0.3, -0.25) is 4.79 Å². The molecule has 27 heavy (non-hydrogen) atoms. The second-order valence-corrected chi connectivity index (χ2v) is 8.80. The fraction of sp³-hybridized carbons (Fsp3) is 0.316. The summed E-state index contributed by atoms with van der Waals surface area (Å²) in [5, 5.41) is 8.69. The van der Waals surface area contributed by atoms with Crippen LogP contribution in [0.1, 0.15) is 43.7 Å². The Hall–Kier alpha value is -1.77. The maximum Gasteiger partial charge on any atom is 0.303 e. The fourth-order valence-corrected chi connectivity index (χ4v) is 4.18. The molecule has 0 radical (unpaired) electrons. The molecule has 0 aliphatic rings. The van der Waals surface area contributed by atoms with Gasteiger partial charge in [0.15, 0.2) is 0 Å². The van der Waals surface area contributed by atoms with Gasteiger partial charge in [-0.1, -0.05) is 40.9 Å². The molecular weight excluding hydrogens is 437 g/mol. The lowest BCUT2D eigenvalue weighted by Crippen LogP contribution is -2.28. The van der Waals surface area contributed by atoms with Gasteiger partial charge in [0.25, 0.3) is 0 Å². The van der Waals surface area contributed by atoms with E-state index in [2.05, 4.69) is 20.7 Å². The number of carboxylic acids is 1. The number of halogens is 2. The molecule has 0 fully saturated rings. The summed E-state index contributed by atoms with van der Waals surface area (Å²) < 4.78 is 42.1. The van der Waals surface area contributed by atoms with Gasteiger partial charge in [-0.15, -0.1) is 0 Å². The van der Waals surface area contributed by atoms with Crippen LogP contribution in [0.4, 0.5) is 4.39 Å². The lowest BCUT2D eigenvalue weighted by molar-refractivity contribution is -0.137. The smallest absolute Gasteiger partial charge is 0.303 e. The van der Waals surface area contributed by atoms with E-state index in [1.807, 2.05) is 0 Å². The van der Waals surface area contributed by atoms with Crippen molar-refractivity contribution in [2.45, 2.75) is 43.0 Å². The second kappa shape index (κ2) is 9.96. The van der Waals surface area contributed by atoms with Gasteiger partial charge < -0.3 is 5.11 Å². The molecule has 2 aromatic rings. The number of rotatable bonds is 10. The monoisotopic (exact) mass is 457 g/mol. The highest BCUT2D eigenvalue weighted by atomic mass is 79.9. The first kappa shape index (κ1) is 21.5. The van der Waals surface area contributed by atoms with Gasteiger partial charge in [-0.05, 0) is 54.8 Å². The lowest BCUT2D eigenvalue weighted by Gasteiger charge is -2.19. The number of benzene rings is 2. The highest BCUT2D eigenvalue weighted by Gasteiger charge is 2.21. The molecule has 0 heterocycles. The zero-order valence-corrected chi connectivity index (χ0v) is 17.0. The largest absolute Gasteiger partial charge is 0.481 e. The van der Waals surface area contributed by atoms with Crippen molar-refractivity contribution in [2.24, 2.45) is 0 Å². The Labute approximate surface area is 166 Å². The Balaban J connectivity index is 2.12. The number of aliphatic carboxylic acids is 1. The minimum atomic E-state index is -3.75. The number of unbranched alkanes of at least 4 members (excludes halogenated alkanes) is 2. The van der Waals surface area contributed by atoms with Gasteiger partial charge >= 0.3 is 5.97 Å². The predicted molar refractivity (Wildman–Crippen MR) is 104 cm³/mol. The van der Waals surface area contributed by atoms with Crippen LogP contribution in [0.15, 0.2) is 57.9 Å². The molecule has 0 amide bonds. The Kier molecular flexibility index (Phi) is 7.94. The maximum absolute atomic E-state index is 13.2. The molecule has 8 heteroatoms. The average molecular weight is 458 g/mol. The molecule has 1 unspecified atom stereocenters. The Bertz CT molecular complexity index is 854. The van der Waals surface area contributed by atoms with Crippen LogP contribution >= 0.6 is 15.9 Å². The van der Waals surface area contributed by atoms with Crippen LogP contribution in [0.5, 0.6) is 0 Å². The summed E-state index contributed by atoms with van der Waals surface area (Å²) in [5.41, 5.74) is 0.662. The Morgan fingerprint density at radius 1 is 1.04 bits per heavy atom. The summed E-state index contributed by atoms with van der Waals surface area (Å²) in [6.45, 7) is 0. The fourth-order valence-electron chi connectivity index (χ4n) is 2.66. The Morgan fingerprint density at radius 2 is 1.67 bits per heavy atom. The maximum atomic E-state index is 13.2. The normalized spacial score (nSPS) is 12.7. The molecule has 0 spiro atoms. The quantitative estimate of drug-likeness (QED) is 0.508. The van der Waals surface area contributed by atoms with Crippen molar-refractivity contribution in [1.29, 1.82) is 0 Å². The third-order valence-corrected chi connectivity index (χ3v) is 6.09. The van der Waals surface area contributed by atoms with Crippen molar-refractivity contribution in [3.05, 3.63) is 64.4 Å². The van der Waals surface area contributed by atoms with Crippen LogP contribution in [-0.4, -0.2) is 19.5 Å². The van der Waals surface area contributed by atoms with E-state index in [1.54, 1.807) is 24.3 Å².